The van der Waals surface area contributed by atoms with Gasteiger partial charge in [0.1, 0.15) is 11.6 Å². The lowest BCUT2D eigenvalue weighted by Gasteiger charge is -2.07. The fourth-order valence-electron chi connectivity index (χ4n) is 1.49. The minimum absolute atomic E-state index is 0.0212. The van der Waals surface area contributed by atoms with E-state index in [0.717, 1.165) is 0 Å². The summed E-state index contributed by atoms with van der Waals surface area (Å²) >= 11 is 3.20. The lowest BCUT2D eigenvalue weighted by molar-refractivity contribution is 0.102. The molecular formula is C13H11BrFN3O. The highest BCUT2D eigenvalue weighted by Crippen LogP contribution is 2.17. The molecule has 4 nitrogen and oxygen atoms in total. The average Bonchev–Trinajstić information content (AvgIpc) is 2.42. The van der Waals surface area contributed by atoms with E-state index in [0.29, 0.717) is 16.0 Å². The number of amides is 1. The van der Waals surface area contributed by atoms with E-state index in [2.05, 4.69) is 31.5 Å². The van der Waals surface area contributed by atoms with Gasteiger partial charge in [-0.1, -0.05) is 15.9 Å². The molecule has 0 atom stereocenters. The van der Waals surface area contributed by atoms with E-state index in [-0.39, 0.29) is 5.56 Å². The van der Waals surface area contributed by atoms with Gasteiger partial charge in [-0.3, -0.25) is 4.79 Å². The van der Waals surface area contributed by atoms with E-state index < -0.39 is 11.7 Å². The summed E-state index contributed by atoms with van der Waals surface area (Å²) in [4.78, 5) is 16.0. The number of benzene rings is 1. The molecule has 0 saturated heterocycles. The maximum atomic E-state index is 13.5. The quantitative estimate of drug-likeness (QED) is 0.911. The predicted molar refractivity (Wildman–Crippen MR) is 75.8 cm³/mol. The number of carbonyl (C=O) groups is 1. The first-order valence-corrected chi connectivity index (χ1v) is 6.29. The van der Waals surface area contributed by atoms with Gasteiger partial charge in [0.25, 0.3) is 5.91 Å². The van der Waals surface area contributed by atoms with E-state index >= 15 is 0 Å². The summed E-state index contributed by atoms with van der Waals surface area (Å²) in [5.41, 5.74) is 0.482. The molecule has 0 aliphatic heterocycles. The van der Waals surface area contributed by atoms with Crippen LogP contribution in [0.25, 0.3) is 0 Å². The standard InChI is InChI=1S/C13H11BrFN3O/c1-16-12-5-3-9(7-17-12)18-13(19)10-6-8(14)2-4-11(10)15/h2-7H,1H3,(H,16,17)(H,18,19). The van der Waals surface area contributed by atoms with Gasteiger partial charge in [0.2, 0.25) is 0 Å². The van der Waals surface area contributed by atoms with Gasteiger partial charge in [-0.05, 0) is 30.3 Å². The Morgan fingerprint density at radius 3 is 2.74 bits per heavy atom. The number of nitrogens with one attached hydrogen (secondary N) is 2. The Labute approximate surface area is 118 Å². The zero-order valence-electron chi connectivity index (χ0n) is 10.1. The van der Waals surface area contributed by atoms with Crippen LogP contribution in [0.4, 0.5) is 15.9 Å². The number of rotatable bonds is 3. The van der Waals surface area contributed by atoms with Gasteiger partial charge in [-0.25, -0.2) is 9.37 Å². The van der Waals surface area contributed by atoms with Gasteiger partial charge >= 0.3 is 0 Å². The van der Waals surface area contributed by atoms with Crippen molar-refractivity contribution in [3.63, 3.8) is 0 Å². The molecule has 6 heteroatoms. The third-order valence-corrected chi connectivity index (χ3v) is 2.94. The van der Waals surface area contributed by atoms with Gasteiger partial charge in [0.05, 0.1) is 17.4 Å². The van der Waals surface area contributed by atoms with Crippen LogP contribution in [0.3, 0.4) is 0 Å². The van der Waals surface area contributed by atoms with Crippen molar-refractivity contribution >= 4 is 33.3 Å². The topological polar surface area (TPSA) is 54.0 Å². The Hall–Kier alpha value is -1.95. The Bertz CT molecular complexity index is 601. The molecule has 0 aliphatic rings. The van der Waals surface area contributed by atoms with Gasteiger partial charge in [0.15, 0.2) is 0 Å². The molecule has 0 radical (unpaired) electrons. The molecule has 1 heterocycles. The number of anilines is 2. The van der Waals surface area contributed by atoms with E-state index in [1.54, 1.807) is 19.2 Å². The van der Waals surface area contributed by atoms with Crippen LogP contribution in [0.1, 0.15) is 10.4 Å². The molecule has 1 aromatic heterocycles. The van der Waals surface area contributed by atoms with Crippen molar-refractivity contribution in [1.29, 1.82) is 0 Å². The van der Waals surface area contributed by atoms with Crippen LogP contribution in [0.15, 0.2) is 41.0 Å². The molecule has 0 aliphatic carbocycles. The first-order chi connectivity index (χ1) is 9.10. The zero-order valence-corrected chi connectivity index (χ0v) is 11.7. The monoisotopic (exact) mass is 323 g/mol. The maximum absolute atomic E-state index is 13.5. The van der Waals surface area contributed by atoms with Gasteiger partial charge in [-0.2, -0.15) is 0 Å². The fourth-order valence-corrected chi connectivity index (χ4v) is 1.85. The number of halogens is 2. The van der Waals surface area contributed by atoms with Crippen molar-refractivity contribution in [2.75, 3.05) is 17.7 Å². The van der Waals surface area contributed by atoms with Gasteiger partial charge in [-0.15, -0.1) is 0 Å². The summed E-state index contributed by atoms with van der Waals surface area (Å²) < 4.78 is 14.2. The molecule has 19 heavy (non-hydrogen) atoms. The first-order valence-electron chi connectivity index (χ1n) is 5.50. The number of pyridine rings is 1. The summed E-state index contributed by atoms with van der Waals surface area (Å²) in [6, 6.07) is 7.61. The SMILES string of the molecule is CNc1ccc(NC(=O)c2cc(Br)ccc2F)cn1. The van der Waals surface area contributed by atoms with Crippen molar-refractivity contribution in [3.05, 3.63) is 52.4 Å². The minimum atomic E-state index is -0.569. The highest BCUT2D eigenvalue weighted by atomic mass is 79.9. The largest absolute Gasteiger partial charge is 0.373 e. The molecule has 0 bridgehead atoms. The van der Waals surface area contributed by atoms with Crippen molar-refractivity contribution in [3.8, 4) is 0 Å². The van der Waals surface area contributed by atoms with Crippen molar-refractivity contribution in [1.82, 2.24) is 4.98 Å². The van der Waals surface area contributed by atoms with E-state index in [1.165, 1.54) is 24.4 Å². The molecule has 2 rings (SSSR count). The average molecular weight is 324 g/mol. The van der Waals surface area contributed by atoms with Gasteiger partial charge in [0, 0.05) is 11.5 Å². The Morgan fingerprint density at radius 2 is 2.11 bits per heavy atom. The number of nitrogens with zero attached hydrogens (tertiary/aromatic N) is 1. The van der Waals surface area contributed by atoms with Crippen molar-refractivity contribution in [2.24, 2.45) is 0 Å². The highest BCUT2D eigenvalue weighted by molar-refractivity contribution is 9.10. The first kappa shape index (κ1) is 13.5. The summed E-state index contributed by atoms with van der Waals surface area (Å²) in [6.07, 6.45) is 1.50. The van der Waals surface area contributed by atoms with E-state index in [9.17, 15) is 9.18 Å². The second-order valence-electron chi connectivity index (χ2n) is 3.76. The fraction of sp³-hybridized carbons (Fsp3) is 0.0769. The van der Waals surface area contributed by atoms with Crippen LogP contribution >= 0.6 is 15.9 Å². The lowest BCUT2D eigenvalue weighted by Crippen LogP contribution is -2.14. The van der Waals surface area contributed by atoms with Crippen LogP contribution in [0.2, 0.25) is 0 Å². The second kappa shape index (κ2) is 5.79. The normalized spacial score (nSPS) is 10.1. The maximum Gasteiger partial charge on any atom is 0.258 e. The predicted octanol–water partition coefficient (Wildman–Crippen LogP) is 3.28. The number of hydrogen-bond donors (Lipinski definition) is 2. The molecule has 0 spiro atoms. The molecule has 1 aromatic carbocycles. The van der Waals surface area contributed by atoms with E-state index in [4.69, 9.17) is 0 Å². The molecular weight excluding hydrogens is 313 g/mol. The van der Waals surface area contributed by atoms with Crippen LogP contribution in [-0.4, -0.2) is 17.9 Å². The Kier molecular flexibility index (Phi) is 4.11. The summed E-state index contributed by atoms with van der Waals surface area (Å²) in [5, 5.41) is 5.45. The summed E-state index contributed by atoms with van der Waals surface area (Å²) in [7, 11) is 1.75. The lowest BCUT2D eigenvalue weighted by atomic mass is 10.2. The highest BCUT2D eigenvalue weighted by Gasteiger charge is 2.12. The zero-order chi connectivity index (χ0) is 13.8. The molecule has 1 amide bonds. The van der Waals surface area contributed by atoms with E-state index in [1.807, 2.05) is 0 Å². The molecule has 98 valence electrons. The third-order valence-electron chi connectivity index (χ3n) is 2.45. The minimum Gasteiger partial charge on any atom is -0.373 e. The number of hydrogen-bond acceptors (Lipinski definition) is 3. The van der Waals surface area contributed by atoms with Crippen LogP contribution in [-0.2, 0) is 0 Å². The third kappa shape index (κ3) is 3.29. The molecule has 0 fully saturated rings. The molecule has 2 N–H and O–H groups in total. The van der Waals surface area contributed by atoms with Crippen LogP contribution in [0, 0.1) is 5.82 Å². The molecule has 2 aromatic rings. The number of aromatic nitrogens is 1. The number of carbonyl (C=O) groups excluding carboxylic acids is 1. The Balaban J connectivity index is 2.18. The second-order valence-corrected chi connectivity index (χ2v) is 4.68. The van der Waals surface area contributed by atoms with Crippen LogP contribution < -0.4 is 10.6 Å². The molecule has 0 unspecified atom stereocenters. The summed E-state index contributed by atoms with van der Waals surface area (Å²) in [6.45, 7) is 0. The van der Waals surface area contributed by atoms with Crippen LogP contribution in [0.5, 0.6) is 0 Å². The van der Waals surface area contributed by atoms with Crippen molar-refractivity contribution in [2.45, 2.75) is 0 Å². The smallest absolute Gasteiger partial charge is 0.258 e. The van der Waals surface area contributed by atoms with Gasteiger partial charge < -0.3 is 10.6 Å². The molecule has 0 saturated carbocycles. The van der Waals surface area contributed by atoms with Crippen molar-refractivity contribution < 1.29 is 9.18 Å². The summed E-state index contributed by atoms with van der Waals surface area (Å²) in [5.74, 6) is -0.398. The Morgan fingerprint density at radius 1 is 1.32 bits per heavy atom.